The Bertz CT molecular complexity index is 1280. The minimum atomic E-state index is -0.890. The van der Waals surface area contributed by atoms with Gasteiger partial charge in [0, 0.05) is 6.42 Å². The van der Waals surface area contributed by atoms with E-state index in [-0.39, 0.29) is 12.5 Å². The van der Waals surface area contributed by atoms with Crippen LogP contribution in [0.3, 0.4) is 0 Å². The molecule has 310 valence electrons. The Labute approximate surface area is 344 Å². The number of amides is 1. The van der Waals surface area contributed by atoms with E-state index in [2.05, 4.69) is 158 Å². The number of aliphatic hydroxyl groups excluding tert-OH is 2. The zero-order valence-corrected chi connectivity index (χ0v) is 35.3. The van der Waals surface area contributed by atoms with Crippen LogP contribution in [0.5, 0.6) is 0 Å². The third-order valence-corrected chi connectivity index (χ3v) is 8.57. The van der Waals surface area contributed by atoms with Crippen LogP contribution >= 0.6 is 0 Å². The van der Waals surface area contributed by atoms with Gasteiger partial charge in [0.05, 0.1) is 18.8 Å². The van der Waals surface area contributed by atoms with Gasteiger partial charge in [-0.15, -0.1) is 0 Å². The Morgan fingerprint density at radius 3 is 1.23 bits per heavy atom. The fraction of sp³-hybridized carbons (Fsp3) is 0.481. The van der Waals surface area contributed by atoms with Crippen molar-refractivity contribution in [2.45, 2.75) is 154 Å². The number of aliphatic hydroxyl groups is 2. The molecule has 0 aliphatic rings. The smallest absolute Gasteiger partial charge is 0.220 e. The number of carbonyl (C=O) groups excluding carboxylic acids is 1. The van der Waals surface area contributed by atoms with Crippen molar-refractivity contribution in [3.8, 4) is 0 Å². The van der Waals surface area contributed by atoms with E-state index in [1.54, 1.807) is 6.08 Å². The molecule has 4 nitrogen and oxygen atoms in total. The normalized spacial score (nSPS) is 14.6. The van der Waals surface area contributed by atoms with Crippen molar-refractivity contribution in [1.29, 1.82) is 0 Å². The van der Waals surface area contributed by atoms with Crippen molar-refractivity contribution in [2.75, 3.05) is 6.61 Å². The van der Waals surface area contributed by atoms with Gasteiger partial charge in [0.25, 0.3) is 0 Å². The zero-order chi connectivity index (χ0) is 40.7. The first-order valence-corrected chi connectivity index (χ1v) is 21.7. The highest BCUT2D eigenvalue weighted by Crippen LogP contribution is 2.08. The molecule has 0 aromatic carbocycles. The van der Waals surface area contributed by atoms with Crippen molar-refractivity contribution in [3.05, 3.63) is 158 Å². The predicted molar refractivity (Wildman–Crippen MR) is 248 cm³/mol. The van der Waals surface area contributed by atoms with Crippen LogP contribution < -0.4 is 5.32 Å². The van der Waals surface area contributed by atoms with Gasteiger partial charge in [0.2, 0.25) is 5.91 Å². The lowest BCUT2D eigenvalue weighted by Gasteiger charge is -2.19. The van der Waals surface area contributed by atoms with Gasteiger partial charge in [-0.3, -0.25) is 4.79 Å². The SMILES string of the molecule is C/C=C/CC/C=C/CC/C=C/C(O)C(CO)NC(=O)CCCCCC/C=C\C/C=C\C/C=C\C/C=C\C/C=C\C/C=C\C/C=C\C/C=C\C/C=C\C/C=C\CC. The lowest BCUT2D eigenvalue weighted by Crippen LogP contribution is -2.45. The molecule has 0 saturated heterocycles. The molecule has 2 unspecified atom stereocenters. The van der Waals surface area contributed by atoms with Crippen LogP contribution in [0.4, 0.5) is 0 Å². The van der Waals surface area contributed by atoms with Gasteiger partial charge >= 0.3 is 0 Å². The molecule has 1 amide bonds. The quantitative estimate of drug-likeness (QED) is 0.0439. The first kappa shape index (κ1) is 52.0. The Morgan fingerprint density at radius 2 is 0.821 bits per heavy atom. The van der Waals surface area contributed by atoms with E-state index in [1.165, 1.54) is 0 Å². The van der Waals surface area contributed by atoms with E-state index < -0.39 is 12.1 Å². The monoisotopic (exact) mass is 766 g/mol. The summed E-state index contributed by atoms with van der Waals surface area (Å²) in [5.74, 6) is -0.115. The molecular formula is C52H79NO3. The standard InChI is InChI=1S/C52H79NO3/c1-3-5-7-9-11-13-14-15-16-17-18-19-20-21-22-23-24-25-26-27-28-29-30-31-32-33-34-35-36-37-38-40-42-44-46-48-52(56)53-50(49-54)51(55)47-45-43-41-39-12-10-8-6-4-2/h4-7,11-13,15-16,18-19,21-22,24-25,27-28,30-31,33-34,36-37,39,45,47,50-51,54-55H,3,8-10,14,17,20,23,26,29,32,35,38,40-44,46,48-49H2,1-2H3,(H,53,56)/b6-4+,7-5-,13-11-,16-15-,19-18-,22-21-,25-24-,28-27-,31-30-,34-33-,37-36-,39-12+,47-45+. The fourth-order valence-corrected chi connectivity index (χ4v) is 5.30. The predicted octanol–water partition coefficient (Wildman–Crippen LogP) is 13.9. The molecule has 0 aliphatic heterocycles. The molecule has 0 heterocycles. The summed E-state index contributed by atoms with van der Waals surface area (Å²) in [4.78, 5) is 12.3. The van der Waals surface area contributed by atoms with Crippen molar-refractivity contribution in [1.82, 2.24) is 5.32 Å². The highest BCUT2D eigenvalue weighted by Gasteiger charge is 2.17. The van der Waals surface area contributed by atoms with E-state index in [1.807, 2.05) is 13.0 Å². The van der Waals surface area contributed by atoms with Crippen LogP contribution in [0.15, 0.2) is 158 Å². The Kier molecular flexibility index (Phi) is 42.2. The maximum atomic E-state index is 12.3. The second kappa shape index (κ2) is 45.4. The Hall–Kier alpha value is -3.99. The van der Waals surface area contributed by atoms with Crippen LogP contribution in [0.2, 0.25) is 0 Å². The van der Waals surface area contributed by atoms with Crippen LogP contribution in [0.25, 0.3) is 0 Å². The molecule has 0 aromatic heterocycles. The summed E-state index contributed by atoms with van der Waals surface area (Å²) in [7, 11) is 0. The highest BCUT2D eigenvalue weighted by atomic mass is 16.3. The third kappa shape index (κ3) is 41.2. The molecule has 0 fully saturated rings. The molecule has 2 atom stereocenters. The molecule has 56 heavy (non-hydrogen) atoms. The summed E-state index contributed by atoms with van der Waals surface area (Å²) in [5, 5.41) is 22.8. The number of carbonyl (C=O) groups is 1. The average Bonchev–Trinajstić information content (AvgIpc) is 3.20. The van der Waals surface area contributed by atoms with Crippen molar-refractivity contribution >= 4 is 5.91 Å². The van der Waals surface area contributed by atoms with Crippen molar-refractivity contribution in [3.63, 3.8) is 0 Å². The molecule has 0 aromatic rings. The summed E-state index contributed by atoms with van der Waals surface area (Å²) >= 11 is 0. The Balaban J connectivity index is 3.75. The van der Waals surface area contributed by atoms with Crippen LogP contribution in [0.1, 0.15) is 142 Å². The molecule has 0 saturated carbocycles. The lowest BCUT2D eigenvalue weighted by molar-refractivity contribution is -0.123. The van der Waals surface area contributed by atoms with Crippen LogP contribution in [0, 0.1) is 0 Å². The second-order valence-corrected chi connectivity index (χ2v) is 13.7. The van der Waals surface area contributed by atoms with Gasteiger partial charge in [-0.1, -0.05) is 178 Å². The topological polar surface area (TPSA) is 69.6 Å². The van der Waals surface area contributed by atoms with Crippen molar-refractivity contribution in [2.24, 2.45) is 0 Å². The minimum Gasteiger partial charge on any atom is -0.394 e. The van der Waals surface area contributed by atoms with Gasteiger partial charge < -0.3 is 15.5 Å². The fourth-order valence-electron chi connectivity index (χ4n) is 5.30. The minimum absolute atomic E-state index is 0.115. The van der Waals surface area contributed by atoms with E-state index in [0.29, 0.717) is 6.42 Å². The average molecular weight is 766 g/mol. The van der Waals surface area contributed by atoms with Crippen LogP contribution in [-0.4, -0.2) is 34.9 Å². The molecule has 0 spiro atoms. The van der Waals surface area contributed by atoms with E-state index in [4.69, 9.17) is 0 Å². The van der Waals surface area contributed by atoms with Gasteiger partial charge in [0.1, 0.15) is 0 Å². The summed E-state index contributed by atoms with van der Waals surface area (Å²) in [6.45, 7) is 3.90. The summed E-state index contributed by atoms with van der Waals surface area (Å²) in [5.41, 5.74) is 0. The summed E-state index contributed by atoms with van der Waals surface area (Å²) in [6, 6.07) is -0.669. The maximum Gasteiger partial charge on any atom is 0.220 e. The number of rotatable bonds is 36. The molecular weight excluding hydrogens is 687 g/mol. The Morgan fingerprint density at radius 1 is 0.464 bits per heavy atom. The number of hydrogen-bond donors (Lipinski definition) is 3. The first-order valence-electron chi connectivity index (χ1n) is 21.7. The zero-order valence-electron chi connectivity index (χ0n) is 35.3. The largest absolute Gasteiger partial charge is 0.394 e. The number of hydrogen-bond acceptors (Lipinski definition) is 3. The molecule has 0 radical (unpaired) electrons. The third-order valence-electron chi connectivity index (χ3n) is 8.57. The number of unbranched alkanes of at least 4 members (excludes halogenated alkanes) is 6. The van der Waals surface area contributed by atoms with Gasteiger partial charge in [0.15, 0.2) is 0 Å². The maximum absolute atomic E-state index is 12.3. The first-order chi connectivity index (χ1) is 27.7. The van der Waals surface area contributed by atoms with Gasteiger partial charge in [-0.2, -0.15) is 0 Å². The number of allylic oxidation sites excluding steroid dienone is 25. The highest BCUT2D eigenvalue weighted by molar-refractivity contribution is 5.76. The molecule has 4 heteroatoms. The van der Waals surface area contributed by atoms with Gasteiger partial charge in [-0.25, -0.2) is 0 Å². The van der Waals surface area contributed by atoms with Crippen molar-refractivity contribution < 1.29 is 15.0 Å². The van der Waals surface area contributed by atoms with Gasteiger partial charge in [-0.05, 0) is 116 Å². The van der Waals surface area contributed by atoms with Crippen LogP contribution in [-0.2, 0) is 4.79 Å². The van der Waals surface area contributed by atoms with E-state index in [9.17, 15) is 15.0 Å². The molecule has 0 bridgehead atoms. The molecule has 0 aliphatic carbocycles. The summed E-state index contributed by atoms with van der Waals surface area (Å²) in [6.07, 6.45) is 75.1. The molecule has 0 rings (SSSR count). The summed E-state index contributed by atoms with van der Waals surface area (Å²) < 4.78 is 0. The molecule has 3 N–H and O–H groups in total. The van der Waals surface area contributed by atoms with E-state index >= 15 is 0 Å². The lowest BCUT2D eigenvalue weighted by atomic mass is 10.1. The number of nitrogens with one attached hydrogen (secondary N) is 1. The van der Waals surface area contributed by atoms with E-state index in [0.717, 1.165) is 122 Å². The second-order valence-electron chi connectivity index (χ2n) is 13.7.